The highest BCUT2D eigenvalue weighted by Crippen LogP contribution is 2.24. The van der Waals surface area contributed by atoms with E-state index in [1.165, 1.54) is 24.3 Å². The maximum absolute atomic E-state index is 12.3. The van der Waals surface area contributed by atoms with Gasteiger partial charge in [0.05, 0.1) is 0 Å². The molecule has 0 bridgehead atoms. The van der Waals surface area contributed by atoms with Gasteiger partial charge in [0.25, 0.3) is 6.43 Å². The molecule has 1 aromatic carbocycles. The van der Waals surface area contributed by atoms with E-state index in [1.807, 2.05) is 0 Å². The maximum atomic E-state index is 12.3. The van der Waals surface area contributed by atoms with E-state index in [-0.39, 0.29) is 5.56 Å². The second kappa shape index (κ2) is 4.37. The molecule has 1 unspecified atom stereocenters. The standard InChI is InChI=1S/C9H7ClF2O2/c10-6-3-1-5(2-4-6)7(8(11)12)9(13)14/h1-4,7-8H,(H,13,14). The van der Waals surface area contributed by atoms with Crippen molar-refractivity contribution in [1.29, 1.82) is 0 Å². The lowest BCUT2D eigenvalue weighted by atomic mass is 10.0. The Morgan fingerprint density at radius 2 is 1.79 bits per heavy atom. The first-order valence-corrected chi connectivity index (χ1v) is 4.16. The molecule has 0 spiro atoms. The first kappa shape index (κ1) is 10.9. The number of halogens is 3. The third kappa shape index (κ3) is 2.42. The third-order valence-corrected chi connectivity index (χ3v) is 2.00. The van der Waals surface area contributed by atoms with Crippen molar-refractivity contribution in [3.63, 3.8) is 0 Å². The SMILES string of the molecule is O=C(O)C(c1ccc(Cl)cc1)C(F)F. The lowest BCUT2D eigenvalue weighted by molar-refractivity contribution is -0.142. The van der Waals surface area contributed by atoms with Gasteiger partial charge in [-0.25, -0.2) is 8.78 Å². The Kier molecular flexibility index (Phi) is 3.41. The fourth-order valence-electron chi connectivity index (χ4n) is 1.07. The van der Waals surface area contributed by atoms with E-state index >= 15 is 0 Å². The van der Waals surface area contributed by atoms with E-state index in [1.54, 1.807) is 0 Å². The van der Waals surface area contributed by atoms with Crippen molar-refractivity contribution >= 4 is 17.6 Å². The molecule has 0 saturated heterocycles. The monoisotopic (exact) mass is 220 g/mol. The van der Waals surface area contributed by atoms with Crippen LogP contribution in [0.2, 0.25) is 5.02 Å². The summed E-state index contributed by atoms with van der Waals surface area (Å²) < 4.78 is 24.6. The van der Waals surface area contributed by atoms with Gasteiger partial charge in [0.1, 0.15) is 5.92 Å². The van der Waals surface area contributed by atoms with Crippen molar-refractivity contribution in [3.05, 3.63) is 34.9 Å². The maximum Gasteiger partial charge on any atom is 0.316 e. The molecule has 2 nitrogen and oxygen atoms in total. The van der Waals surface area contributed by atoms with Crippen molar-refractivity contribution in [1.82, 2.24) is 0 Å². The van der Waals surface area contributed by atoms with Gasteiger partial charge >= 0.3 is 5.97 Å². The van der Waals surface area contributed by atoms with Crippen LogP contribution in [-0.4, -0.2) is 17.5 Å². The van der Waals surface area contributed by atoms with Gasteiger partial charge in [-0.1, -0.05) is 23.7 Å². The van der Waals surface area contributed by atoms with Crippen LogP contribution in [0.15, 0.2) is 24.3 Å². The van der Waals surface area contributed by atoms with Crippen LogP contribution in [0.5, 0.6) is 0 Å². The number of aliphatic carboxylic acids is 1. The second-order valence-electron chi connectivity index (χ2n) is 2.70. The van der Waals surface area contributed by atoms with Gasteiger partial charge in [0.2, 0.25) is 0 Å². The van der Waals surface area contributed by atoms with Gasteiger partial charge in [-0.3, -0.25) is 4.79 Å². The highest BCUT2D eigenvalue weighted by Gasteiger charge is 2.29. The van der Waals surface area contributed by atoms with Gasteiger partial charge in [-0.2, -0.15) is 0 Å². The van der Waals surface area contributed by atoms with Crippen LogP contribution in [0.3, 0.4) is 0 Å². The predicted octanol–water partition coefficient (Wildman–Crippen LogP) is 2.77. The van der Waals surface area contributed by atoms with Crippen molar-refractivity contribution < 1.29 is 18.7 Å². The summed E-state index contributed by atoms with van der Waals surface area (Å²) in [6, 6.07) is 5.34. The number of benzene rings is 1. The Morgan fingerprint density at radius 1 is 1.29 bits per heavy atom. The average Bonchev–Trinajstić information content (AvgIpc) is 2.07. The molecule has 14 heavy (non-hydrogen) atoms. The van der Waals surface area contributed by atoms with Gasteiger partial charge in [-0.05, 0) is 17.7 Å². The lowest BCUT2D eigenvalue weighted by Gasteiger charge is -2.10. The van der Waals surface area contributed by atoms with Crippen molar-refractivity contribution in [3.8, 4) is 0 Å². The predicted molar refractivity (Wildman–Crippen MR) is 47.8 cm³/mol. The van der Waals surface area contributed by atoms with Crippen molar-refractivity contribution in [2.24, 2.45) is 0 Å². The Hall–Kier alpha value is -1.16. The first-order valence-electron chi connectivity index (χ1n) is 3.79. The first-order chi connectivity index (χ1) is 6.52. The van der Waals surface area contributed by atoms with Gasteiger partial charge < -0.3 is 5.11 Å². The molecule has 0 fully saturated rings. The van der Waals surface area contributed by atoms with Gasteiger partial charge in [-0.15, -0.1) is 0 Å². The Bertz CT molecular complexity index is 324. The average molecular weight is 221 g/mol. The number of carbonyl (C=O) groups is 1. The summed E-state index contributed by atoms with van der Waals surface area (Å²) in [4.78, 5) is 10.5. The molecular weight excluding hydrogens is 214 g/mol. The number of alkyl halides is 2. The number of carboxylic acid groups (broad SMARTS) is 1. The molecule has 0 radical (unpaired) electrons. The molecule has 1 rings (SSSR count). The third-order valence-electron chi connectivity index (χ3n) is 1.75. The van der Waals surface area contributed by atoms with Crippen LogP contribution >= 0.6 is 11.6 Å². The van der Waals surface area contributed by atoms with E-state index in [0.29, 0.717) is 5.02 Å². The molecule has 0 aliphatic rings. The van der Waals surface area contributed by atoms with Gasteiger partial charge in [0.15, 0.2) is 0 Å². The quantitative estimate of drug-likeness (QED) is 0.851. The number of hydrogen-bond acceptors (Lipinski definition) is 1. The Labute approximate surface area is 84.1 Å². The smallest absolute Gasteiger partial charge is 0.316 e. The summed E-state index contributed by atoms with van der Waals surface area (Å²) in [5, 5.41) is 8.94. The summed E-state index contributed by atoms with van der Waals surface area (Å²) in [7, 11) is 0. The Morgan fingerprint density at radius 3 is 2.14 bits per heavy atom. The van der Waals surface area contributed by atoms with E-state index in [0.717, 1.165) is 0 Å². The molecule has 0 heterocycles. The topological polar surface area (TPSA) is 37.3 Å². The molecule has 0 aromatic heterocycles. The molecule has 1 N–H and O–H groups in total. The molecule has 1 aromatic rings. The minimum Gasteiger partial charge on any atom is -0.481 e. The zero-order valence-corrected chi connectivity index (χ0v) is 7.71. The number of hydrogen-bond donors (Lipinski definition) is 1. The highest BCUT2D eigenvalue weighted by atomic mass is 35.5. The zero-order valence-electron chi connectivity index (χ0n) is 6.95. The zero-order chi connectivity index (χ0) is 10.7. The molecule has 0 saturated carbocycles. The molecule has 5 heteroatoms. The van der Waals surface area contributed by atoms with E-state index in [4.69, 9.17) is 16.7 Å². The van der Waals surface area contributed by atoms with Crippen molar-refractivity contribution in [2.75, 3.05) is 0 Å². The minimum atomic E-state index is -2.92. The Balaban J connectivity index is 3.00. The normalized spacial score (nSPS) is 12.9. The van der Waals surface area contributed by atoms with Gasteiger partial charge in [0, 0.05) is 5.02 Å². The van der Waals surface area contributed by atoms with Crippen LogP contribution in [0.1, 0.15) is 11.5 Å². The molecule has 1 atom stereocenters. The van der Waals surface area contributed by atoms with E-state index in [2.05, 4.69) is 0 Å². The minimum absolute atomic E-state index is 0.0527. The molecule has 0 aliphatic heterocycles. The summed E-state index contributed by atoms with van der Waals surface area (Å²) in [5.74, 6) is -3.32. The van der Waals surface area contributed by atoms with Crippen LogP contribution in [-0.2, 0) is 4.79 Å². The fraction of sp³-hybridized carbons (Fsp3) is 0.222. The summed E-state index contributed by atoms with van der Waals surface area (Å²) in [6.07, 6.45) is -2.92. The van der Waals surface area contributed by atoms with E-state index in [9.17, 15) is 13.6 Å². The van der Waals surface area contributed by atoms with Crippen LogP contribution < -0.4 is 0 Å². The van der Waals surface area contributed by atoms with E-state index < -0.39 is 18.3 Å². The fourth-order valence-corrected chi connectivity index (χ4v) is 1.19. The largest absolute Gasteiger partial charge is 0.481 e. The molecular formula is C9H7ClF2O2. The van der Waals surface area contributed by atoms with Crippen LogP contribution in [0.4, 0.5) is 8.78 Å². The molecule has 0 aliphatic carbocycles. The second-order valence-corrected chi connectivity index (χ2v) is 3.14. The van der Waals surface area contributed by atoms with Crippen LogP contribution in [0, 0.1) is 0 Å². The highest BCUT2D eigenvalue weighted by molar-refractivity contribution is 6.30. The number of rotatable bonds is 3. The summed E-state index contributed by atoms with van der Waals surface area (Å²) >= 11 is 5.54. The molecule has 0 amide bonds. The summed E-state index contributed by atoms with van der Waals surface area (Å²) in [6.45, 7) is 0. The summed E-state index contributed by atoms with van der Waals surface area (Å²) in [5.41, 5.74) is 0.0527. The molecule has 76 valence electrons. The van der Waals surface area contributed by atoms with Crippen LogP contribution in [0.25, 0.3) is 0 Å². The number of carboxylic acids is 1. The lowest BCUT2D eigenvalue weighted by Crippen LogP contribution is -2.19. The van der Waals surface area contributed by atoms with Crippen molar-refractivity contribution in [2.45, 2.75) is 12.3 Å².